The summed E-state index contributed by atoms with van der Waals surface area (Å²) in [5.74, 6) is -0.126. The van der Waals surface area contributed by atoms with Gasteiger partial charge in [0, 0.05) is 11.1 Å². The van der Waals surface area contributed by atoms with Crippen LogP contribution >= 0.6 is 11.6 Å². The second-order valence-electron chi connectivity index (χ2n) is 3.87. The predicted molar refractivity (Wildman–Crippen MR) is 68.4 cm³/mol. The molecule has 0 radical (unpaired) electrons. The minimum absolute atomic E-state index is 0.126. The third-order valence-electron chi connectivity index (χ3n) is 2.38. The highest BCUT2D eigenvalue weighted by atomic mass is 35.5. The number of carbonyl (C=O) groups is 1. The van der Waals surface area contributed by atoms with Crippen LogP contribution in [0.4, 0.5) is 0 Å². The van der Waals surface area contributed by atoms with Crippen LogP contribution in [-0.4, -0.2) is 16.1 Å². The van der Waals surface area contributed by atoms with E-state index in [1.165, 1.54) is 6.07 Å². The summed E-state index contributed by atoms with van der Waals surface area (Å²) in [5, 5.41) is 8.38. The summed E-state index contributed by atoms with van der Waals surface area (Å²) in [7, 11) is 0. The Bertz CT molecular complexity index is 603. The number of halogens is 1. The maximum atomic E-state index is 11.6. The number of amides is 1. The fourth-order valence-corrected chi connectivity index (χ4v) is 1.77. The predicted octanol–water partition coefficient (Wildman–Crippen LogP) is 1.22. The van der Waals surface area contributed by atoms with Crippen LogP contribution in [0.25, 0.3) is 0 Å². The Kier molecular flexibility index (Phi) is 3.84. The van der Waals surface area contributed by atoms with Crippen LogP contribution in [0.2, 0.25) is 5.02 Å². The molecule has 0 atom stereocenters. The van der Waals surface area contributed by atoms with Crippen molar-refractivity contribution in [2.24, 2.45) is 0 Å². The molecule has 1 amide bonds. The van der Waals surface area contributed by atoms with E-state index in [9.17, 15) is 9.59 Å². The molecule has 0 saturated carbocycles. The zero-order chi connectivity index (χ0) is 13.0. The normalized spacial score (nSPS) is 10.3. The Balaban J connectivity index is 1.87. The Morgan fingerprint density at radius 2 is 2.11 bits per heavy atom. The molecule has 2 aromatic rings. The molecule has 0 fully saturated rings. The summed E-state index contributed by atoms with van der Waals surface area (Å²) in [6.07, 6.45) is 0.259. The number of carbonyl (C=O) groups excluding carboxylic acids is 1. The van der Waals surface area contributed by atoms with Crippen LogP contribution < -0.4 is 10.9 Å². The third kappa shape index (κ3) is 3.49. The van der Waals surface area contributed by atoms with Crippen molar-refractivity contribution in [2.45, 2.75) is 13.0 Å². The van der Waals surface area contributed by atoms with Crippen LogP contribution in [0.3, 0.4) is 0 Å². The monoisotopic (exact) mass is 265 g/mol. The first-order valence-corrected chi connectivity index (χ1v) is 5.79. The molecule has 0 saturated heterocycles. The lowest BCUT2D eigenvalue weighted by atomic mass is 10.1. The van der Waals surface area contributed by atoms with Crippen molar-refractivity contribution in [3.63, 3.8) is 0 Å². The van der Waals surface area contributed by atoms with Crippen LogP contribution in [0.5, 0.6) is 0 Å². The van der Waals surface area contributed by atoms with E-state index in [0.717, 1.165) is 5.56 Å². The van der Waals surface area contributed by atoms with E-state index in [-0.39, 0.29) is 24.4 Å². The summed E-state index contributed by atoms with van der Waals surface area (Å²) >= 11 is 5.83. The topological polar surface area (TPSA) is 77.8 Å². The molecule has 18 heavy (non-hydrogen) atoms. The number of hydrogen-bond acceptors (Lipinski definition) is 2. The van der Waals surface area contributed by atoms with Gasteiger partial charge in [-0.05, 0) is 17.7 Å². The fourth-order valence-electron chi connectivity index (χ4n) is 1.56. The number of nitrogens with one attached hydrogen (secondary N) is 3. The van der Waals surface area contributed by atoms with Gasteiger partial charge in [-0.2, -0.15) is 0 Å². The van der Waals surface area contributed by atoms with Crippen molar-refractivity contribution in [2.75, 3.05) is 0 Å². The largest absolute Gasteiger partial charge is 0.350 e. The molecule has 3 N–H and O–H groups in total. The highest BCUT2D eigenvalue weighted by Crippen LogP contribution is 2.10. The molecule has 0 unspecified atom stereocenters. The first-order chi connectivity index (χ1) is 8.63. The number of benzene rings is 1. The van der Waals surface area contributed by atoms with Crippen LogP contribution in [0, 0.1) is 0 Å². The molecule has 0 aliphatic carbocycles. The van der Waals surface area contributed by atoms with Gasteiger partial charge in [-0.3, -0.25) is 14.7 Å². The number of hydrogen-bond donors (Lipinski definition) is 3. The SMILES string of the molecule is O=C(Cc1cccc(Cl)c1)NCc1cc(=O)[nH][nH]1. The van der Waals surface area contributed by atoms with Crippen LogP contribution in [0.15, 0.2) is 35.1 Å². The zero-order valence-electron chi connectivity index (χ0n) is 9.50. The molecule has 0 aliphatic rings. The average molecular weight is 266 g/mol. The first-order valence-electron chi connectivity index (χ1n) is 5.41. The van der Waals surface area contributed by atoms with Gasteiger partial charge < -0.3 is 10.4 Å². The lowest BCUT2D eigenvalue weighted by molar-refractivity contribution is -0.120. The Morgan fingerprint density at radius 3 is 2.78 bits per heavy atom. The van der Waals surface area contributed by atoms with Gasteiger partial charge in [-0.25, -0.2) is 0 Å². The molecule has 2 rings (SSSR count). The summed E-state index contributed by atoms with van der Waals surface area (Å²) in [5.41, 5.74) is 1.27. The lowest BCUT2D eigenvalue weighted by Crippen LogP contribution is -2.24. The van der Waals surface area contributed by atoms with Crippen molar-refractivity contribution in [3.05, 3.63) is 57.0 Å². The van der Waals surface area contributed by atoms with Gasteiger partial charge in [0.25, 0.3) is 5.56 Å². The number of aromatic amines is 2. The molecule has 0 aliphatic heterocycles. The van der Waals surface area contributed by atoms with Crippen LogP contribution in [-0.2, 0) is 17.8 Å². The molecule has 0 spiro atoms. The maximum absolute atomic E-state index is 11.6. The van der Waals surface area contributed by atoms with E-state index < -0.39 is 0 Å². The molecule has 1 aromatic heterocycles. The summed E-state index contributed by atoms with van der Waals surface area (Å²) < 4.78 is 0. The van der Waals surface area contributed by atoms with E-state index in [4.69, 9.17) is 11.6 Å². The lowest BCUT2D eigenvalue weighted by Gasteiger charge is -2.04. The minimum Gasteiger partial charge on any atom is -0.350 e. The van der Waals surface area contributed by atoms with E-state index in [2.05, 4.69) is 15.5 Å². The molecule has 5 nitrogen and oxygen atoms in total. The number of aromatic nitrogens is 2. The molecular weight excluding hydrogens is 254 g/mol. The molecular formula is C12H12ClN3O2. The van der Waals surface area contributed by atoms with Crippen molar-refractivity contribution in [3.8, 4) is 0 Å². The van der Waals surface area contributed by atoms with E-state index in [1.54, 1.807) is 18.2 Å². The van der Waals surface area contributed by atoms with Gasteiger partial charge in [-0.15, -0.1) is 0 Å². The molecule has 94 valence electrons. The quantitative estimate of drug-likeness (QED) is 0.777. The highest BCUT2D eigenvalue weighted by molar-refractivity contribution is 6.30. The number of H-pyrrole nitrogens is 2. The Morgan fingerprint density at radius 1 is 1.28 bits per heavy atom. The van der Waals surface area contributed by atoms with Crippen LogP contribution in [0.1, 0.15) is 11.3 Å². The van der Waals surface area contributed by atoms with Crippen molar-refractivity contribution >= 4 is 17.5 Å². The number of rotatable bonds is 4. The standard InChI is InChI=1S/C12H12ClN3O2/c13-9-3-1-2-8(4-9)5-11(17)14-7-10-6-12(18)16-15-10/h1-4,6H,5,7H2,(H,14,17)(H2,15,16,18). The van der Waals surface area contributed by atoms with Gasteiger partial charge >= 0.3 is 0 Å². The van der Waals surface area contributed by atoms with E-state index in [0.29, 0.717) is 10.7 Å². The average Bonchev–Trinajstić information content (AvgIpc) is 2.73. The highest BCUT2D eigenvalue weighted by Gasteiger charge is 2.04. The van der Waals surface area contributed by atoms with Gasteiger partial charge in [-0.1, -0.05) is 23.7 Å². The maximum Gasteiger partial charge on any atom is 0.264 e. The van der Waals surface area contributed by atoms with Gasteiger partial charge in [0.2, 0.25) is 5.91 Å². The summed E-state index contributed by atoms with van der Waals surface area (Å²) in [4.78, 5) is 22.5. The second-order valence-corrected chi connectivity index (χ2v) is 4.30. The molecule has 1 aromatic carbocycles. The van der Waals surface area contributed by atoms with Gasteiger partial charge in [0.1, 0.15) is 0 Å². The molecule has 1 heterocycles. The molecule has 6 heteroatoms. The van der Waals surface area contributed by atoms with Gasteiger partial charge in [0.05, 0.1) is 18.7 Å². The second kappa shape index (κ2) is 5.55. The van der Waals surface area contributed by atoms with Crippen molar-refractivity contribution in [1.82, 2.24) is 15.5 Å². The summed E-state index contributed by atoms with van der Waals surface area (Å²) in [6, 6.07) is 8.55. The van der Waals surface area contributed by atoms with Crippen molar-refractivity contribution in [1.29, 1.82) is 0 Å². The Labute approximate surface area is 108 Å². The third-order valence-corrected chi connectivity index (χ3v) is 2.62. The van der Waals surface area contributed by atoms with E-state index >= 15 is 0 Å². The first kappa shape index (κ1) is 12.4. The Hall–Kier alpha value is -2.01. The van der Waals surface area contributed by atoms with E-state index in [1.807, 2.05) is 6.07 Å². The zero-order valence-corrected chi connectivity index (χ0v) is 10.3. The van der Waals surface area contributed by atoms with Crippen molar-refractivity contribution < 1.29 is 4.79 Å². The summed E-state index contributed by atoms with van der Waals surface area (Å²) in [6.45, 7) is 0.290. The fraction of sp³-hybridized carbons (Fsp3) is 0.167. The molecule has 0 bridgehead atoms. The minimum atomic E-state index is -0.214. The smallest absolute Gasteiger partial charge is 0.264 e. The van der Waals surface area contributed by atoms with Gasteiger partial charge in [0.15, 0.2) is 0 Å².